The number of phenols is 1. The lowest BCUT2D eigenvalue weighted by molar-refractivity contribution is -0.109. The van der Waals surface area contributed by atoms with Gasteiger partial charge in [-0.1, -0.05) is 23.7 Å². The van der Waals surface area contributed by atoms with Crippen molar-refractivity contribution in [2.24, 2.45) is 4.99 Å². The summed E-state index contributed by atoms with van der Waals surface area (Å²) in [6.07, 6.45) is 4.55. The van der Waals surface area contributed by atoms with Gasteiger partial charge in [0.1, 0.15) is 23.2 Å². The van der Waals surface area contributed by atoms with Gasteiger partial charge in [-0.15, -0.1) is 6.58 Å². The lowest BCUT2D eigenvalue weighted by Crippen LogP contribution is -2.45. The zero-order valence-corrected chi connectivity index (χ0v) is 24.7. The molecule has 1 atom stereocenters. The van der Waals surface area contributed by atoms with Gasteiger partial charge in [-0.2, -0.15) is 0 Å². The molecule has 1 heterocycles. The van der Waals surface area contributed by atoms with Crippen LogP contribution in [0, 0.1) is 11.2 Å². The van der Waals surface area contributed by atoms with E-state index in [0.717, 1.165) is 6.21 Å². The van der Waals surface area contributed by atoms with Crippen molar-refractivity contribution >= 4 is 42.3 Å². The van der Waals surface area contributed by atoms with Gasteiger partial charge >= 0.3 is 0 Å². The third kappa shape index (κ3) is 7.91. The highest BCUT2D eigenvalue weighted by atomic mass is 35.5. The van der Waals surface area contributed by atoms with E-state index in [1.54, 1.807) is 20.0 Å². The zero-order valence-electron chi connectivity index (χ0n) is 23.9. The number of amides is 2. The van der Waals surface area contributed by atoms with Crippen LogP contribution in [0.4, 0.5) is 10.2 Å². The van der Waals surface area contributed by atoms with Crippen LogP contribution in [0.1, 0.15) is 39.7 Å². The molecule has 2 rings (SSSR count). The molecular weight excluding hydrogens is 549 g/mol. The molecule has 0 saturated carbocycles. The summed E-state index contributed by atoms with van der Waals surface area (Å²) in [5, 5.41) is 24.2. The highest BCUT2D eigenvalue weighted by Gasteiger charge is 2.29. The Bertz CT molecular complexity index is 1310. The van der Waals surface area contributed by atoms with Gasteiger partial charge < -0.3 is 26.0 Å². The molecule has 1 unspecified atom stereocenters. The van der Waals surface area contributed by atoms with Gasteiger partial charge in [0, 0.05) is 44.0 Å². The topological polar surface area (TPSA) is 134 Å². The van der Waals surface area contributed by atoms with Gasteiger partial charge in [-0.3, -0.25) is 19.5 Å². The number of nitrogens with one attached hydrogen (secondary N) is 3. The quantitative estimate of drug-likeness (QED) is 0.105. The molecule has 41 heavy (non-hydrogen) atoms. The van der Waals surface area contributed by atoms with Crippen molar-refractivity contribution in [3.8, 4) is 17.0 Å². The van der Waals surface area contributed by atoms with Crippen LogP contribution in [0.3, 0.4) is 0 Å². The molecule has 12 heteroatoms. The Morgan fingerprint density at radius 1 is 1.32 bits per heavy atom. The summed E-state index contributed by atoms with van der Waals surface area (Å²) in [6, 6.07) is 4.95. The van der Waals surface area contributed by atoms with Crippen molar-refractivity contribution < 1.29 is 19.1 Å². The molecule has 0 saturated heterocycles. The Balaban J connectivity index is 3.00. The number of hydrogen-bond acceptors (Lipinski definition) is 7. The van der Waals surface area contributed by atoms with E-state index in [2.05, 4.69) is 27.2 Å². The molecule has 0 aliphatic heterocycles. The third-order valence-electron chi connectivity index (χ3n) is 6.10. The van der Waals surface area contributed by atoms with Crippen LogP contribution in [-0.4, -0.2) is 72.1 Å². The number of carbonyl (C=O) groups is 2. The molecule has 0 aliphatic rings. The SMILES string of the molecule is C=CCCN(/C(=N/C)c1cc(Cl)c(-c2c(O)cccc2F)nc1N(C=O)/C(NC(C)C)=C(\C)C=N)C(C)CNC=O. The van der Waals surface area contributed by atoms with Crippen molar-refractivity contribution in [2.75, 3.05) is 25.0 Å². The molecule has 0 spiro atoms. The number of pyridine rings is 1. The average molecular weight is 586 g/mol. The van der Waals surface area contributed by atoms with E-state index in [1.165, 1.54) is 29.2 Å². The van der Waals surface area contributed by atoms with Crippen molar-refractivity contribution in [3.05, 3.63) is 64.7 Å². The van der Waals surface area contributed by atoms with Crippen molar-refractivity contribution in [3.63, 3.8) is 0 Å². The Hall–Kier alpha value is -4.25. The first-order valence-corrected chi connectivity index (χ1v) is 13.4. The molecule has 1 aromatic heterocycles. The Morgan fingerprint density at radius 2 is 2.02 bits per heavy atom. The highest BCUT2D eigenvalue weighted by Crippen LogP contribution is 2.38. The van der Waals surface area contributed by atoms with Gasteiger partial charge in [0.2, 0.25) is 12.8 Å². The summed E-state index contributed by atoms with van der Waals surface area (Å²) in [7, 11) is 1.57. The highest BCUT2D eigenvalue weighted by molar-refractivity contribution is 6.33. The zero-order chi connectivity index (χ0) is 30.7. The number of allylic oxidation sites excluding steroid dienone is 1. The number of benzene rings is 1. The van der Waals surface area contributed by atoms with Crippen LogP contribution in [0.2, 0.25) is 5.02 Å². The van der Waals surface area contributed by atoms with Crippen molar-refractivity contribution in [1.29, 1.82) is 5.41 Å². The monoisotopic (exact) mass is 585 g/mol. The first kappa shape index (κ1) is 33.0. The number of rotatable bonds is 15. The lowest BCUT2D eigenvalue weighted by Gasteiger charge is -2.34. The number of anilines is 1. The summed E-state index contributed by atoms with van der Waals surface area (Å²) in [6.45, 7) is 11.9. The van der Waals surface area contributed by atoms with Gasteiger partial charge in [0.15, 0.2) is 5.82 Å². The number of phenolic OH excluding ortho intramolecular Hbond substituents is 1. The second-order valence-electron chi connectivity index (χ2n) is 9.47. The van der Waals surface area contributed by atoms with Gasteiger partial charge in [0.05, 0.1) is 21.8 Å². The molecule has 2 amide bonds. The molecule has 4 N–H and O–H groups in total. The molecule has 220 valence electrons. The van der Waals surface area contributed by atoms with Gasteiger partial charge in [-0.05, 0) is 52.3 Å². The Kier molecular flexibility index (Phi) is 12.5. The molecule has 10 nitrogen and oxygen atoms in total. The van der Waals surface area contributed by atoms with E-state index in [4.69, 9.17) is 17.0 Å². The van der Waals surface area contributed by atoms with Crippen LogP contribution in [0.15, 0.2) is 53.3 Å². The molecular formula is C29H37ClFN7O3. The maximum atomic E-state index is 15.0. The lowest BCUT2D eigenvalue weighted by atomic mass is 10.1. The standard InChI is InChI=1S/C29H37ClFN7O3/c1-7-8-12-37(20(5)15-34-16-39)28(33-6)21-13-22(30)26(25-23(31)10-9-11-24(25)41)36-29(21)38(17-40)27(19(4)14-32)35-18(2)3/h7,9-11,13-14,16-18,20,32,35,41H,1,8,12,15H2,2-6H3,(H,34,39)/b27-19+,32-14?,33-28+. The first-order chi connectivity index (χ1) is 19.6. The minimum absolute atomic E-state index is 0.00427. The normalized spacial score (nSPS) is 12.7. The summed E-state index contributed by atoms with van der Waals surface area (Å²) >= 11 is 6.70. The average Bonchev–Trinajstić information content (AvgIpc) is 2.94. The van der Waals surface area contributed by atoms with E-state index in [0.29, 0.717) is 49.3 Å². The predicted octanol–water partition coefficient (Wildman–Crippen LogP) is 4.48. The second kappa shape index (κ2) is 15.5. The summed E-state index contributed by atoms with van der Waals surface area (Å²) < 4.78 is 15.0. The smallest absolute Gasteiger partial charge is 0.221 e. The van der Waals surface area contributed by atoms with Crippen LogP contribution in [0.5, 0.6) is 5.75 Å². The number of nitrogens with zero attached hydrogens (tertiary/aromatic N) is 4. The van der Waals surface area contributed by atoms with Crippen LogP contribution >= 0.6 is 11.6 Å². The molecule has 2 aromatic rings. The van der Waals surface area contributed by atoms with E-state index in [9.17, 15) is 19.1 Å². The Morgan fingerprint density at radius 3 is 2.56 bits per heavy atom. The molecule has 0 bridgehead atoms. The van der Waals surface area contributed by atoms with E-state index < -0.39 is 5.82 Å². The van der Waals surface area contributed by atoms with E-state index in [1.807, 2.05) is 25.7 Å². The third-order valence-corrected chi connectivity index (χ3v) is 6.39. The van der Waals surface area contributed by atoms with Crippen molar-refractivity contribution in [1.82, 2.24) is 20.5 Å². The predicted molar refractivity (Wildman–Crippen MR) is 162 cm³/mol. The maximum Gasteiger partial charge on any atom is 0.221 e. The summed E-state index contributed by atoms with van der Waals surface area (Å²) in [5.41, 5.74) is 0.426. The number of hydrogen-bond donors (Lipinski definition) is 4. The fourth-order valence-corrected chi connectivity index (χ4v) is 4.42. The Labute approximate surface area is 245 Å². The number of aromatic hydroxyl groups is 1. The molecule has 1 aromatic carbocycles. The minimum Gasteiger partial charge on any atom is -0.507 e. The largest absolute Gasteiger partial charge is 0.507 e. The van der Waals surface area contributed by atoms with Gasteiger partial charge in [0.25, 0.3) is 0 Å². The fourth-order valence-electron chi connectivity index (χ4n) is 4.17. The van der Waals surface area contributed by atoms with Gasteiger partial charge in [-0.25, -0.2) is 9.37 Å². The van der Waals surface area contributed by atoms with E-state index >= 15 is 0 Å². The molecule has 0 aliphatic carbocycles. The molecule has 0 radical (unpaired) electrons. The summed E-state index contributed by atoms with van der Waals surface area (Å²) in [4.78, 5) is 36.1. The van der Waals surface area contributed by atoms with Crippen LogP contribution < -0.4 is 15.5 Å². The van der Waals surface area contributed by atoms with Crippen LogP contribution in [0.25, 0.3) is 11.3 Å². The van der Waals surface area contributed by atoms with E-state index in [-0.39, 0.29) is 45.8 Å². The second-order valence-corrected chi connectivity index (χ2v) is 9.87. The minimum atomic E-state index is -0.756. The maximum absolute atomic E-state index is 15.0. The number of halogens is 2. The van der Waals surface area contributed by atoms with Crippen LogP contribution in [-0.2, 0) is 9.59 Å². The number of aliphatic imine (C=N–C) groups is 1. The fraction of sp³-hybridized carbons (Fsp3) is 0.345. The number of amidine groups is 1. The summed E-state index contributed by atoms with van der Waals surface area (Å²) in [5.74, 6) is -0.440. The number of carbonyl (C=O) groups excluding carboxylic acids is 2. The molecule has 0 fully saturated rings. The van der Waals surface area contributed by atoms with Crippen molar-refractivity contribution in [2.45, 2.75) is 46.2 Å². The first-order valence-electron chi connectivity index (χ1n) is 13.0. The number of aromatic nitrogens is 1.